The third-order valence-corrected chi connectivity index (χ3v) is 2.52. The van der Waals surface area contributed by atoms with Crippen molar-refractivity contribution >= 4 is 0 Å². The van der Waals surface area contributed by atoms with Crippen molar-refractivity contribution in [1.82, 2.24) is 0 Å². The molecule has 0 heterocycles. The van der Waals surface area contributed by atoms with Crippen LogP contribution >= 0.6 is 0 Å². The average Bonchev–Trinajstić information content (AvgIpc) is 2.26. The molecule has 1 atom stereocenters. The summed E-state index contributed by atoms with van der Waals surface area (Å²) in [6.07, 6.45) is -9.81. The largest absolute Gasteiger partial charge is 0.416 e. The second kappa shape index (κ2) is 5.38. The topological polar surface area (TPSA) is 46.2 Å². The van der Waals surface area contributed by atoms with E-state index < -0.39 is 41.7 Å². The third kappa shape index (κ3) is 3.84. The van der Waals surface area contributed by atoms with Crippen molar-refractivity contribution in [2.75, 3.05) is 6.61 Å². The smallest absolute Gasteiger partial charge is 0.396 e. The lowest BCUT2D eigenvalue weighted by atomic mass is 9.96. The van der Waals surface area contributed by atoms with Crippen molar-refractivity contribution in [3.63, 3.8) is 0 Å². The summed E-state index contributed by atoms with van der Waals surface area (Å²) in [7, 11) is 0. The van der Waals surface area contributed by atoms with E-state index in [-0.39, 0.29) is 6.42 Å². The fraction of sp³-hybridized carbons (Fsp3) is 0.455. The number of aliphatic hydroxyl groups is 1. The molecule has 0 saturated heterocycles. The highest BCUT2D eigenvalue weighted by atomic mass is 19.4. The highest BCUT2D eigenvalue weighted by Gasteiger charge is 2.37. The Labute approximate surface area is 104 Å². The van der Waals surface area contributed by atoms with Crippen LogP contribution in [0.15, 0.2) is 18.2 Å². The minimum atomic E-state index is -4.80. The molecular formula is C11H11F6NO. The van der Waals surface area contributed by atoms with Crippen LogP contribution in [0, 0.1) is 0 Å². The molecule has 0 unspecified atom stereocenters. The summed E-state index contributed by atoms with van der Waals surface area (Å²) in [5.41, 5.74) is 2.29. The second-order valence-corrected chi connectivity index (χ2v) is 3.92. The van der Waals surface area contributed by atoms with E-state index in [0.717, 1.165) is 0 Å². The van der Waals surface area contributed by atoms with Crippen molar-refractivity contribution in [3.8, 4) is 0 Å². The number of aliphatic hydroxyl groups excluding tert-OH is 1. The van der Waals surface area contributed by atoms with Crippen LogP contribution in [0.4, 0.5) is 26.3 Å². The number of benzene rings is 1. The lowest BCUT2D eigenvalue weighted by Gasteiger charge is -2.19. The van der Waals surface area contributed by atoms with Crippen LogP contribution < -0.4 is 5.73 Å². The first-order valence-electron chi connectivity index (χ1n) is 5.22. The molecule has 0 aliphatic carbocycles. The molecule has 8 heteroatoms. The third-order valence-electron chi connectivity index (χ3n) is 2.52. The fourth-order valence-electron chi connectivity index (χ4n) is 1.60. The van der Waals surface area contributed by atoms with E-state index >= 15 is 0 Å². The number of rotatable bonds is 3. The summed E-state index contributed by atoms with van der Waals surface area (Å²) >= 11 is 0. The van der Waals surface area contributed by atoms with Gasteiger partial charge >= 0.3 is 12.4 Å². The van der Waals surface area contributed by atoms with E-state index in [9.17, 15) is 26.3 Å². The van der Waals surface area contributed by atoms with E-state index in [1.54, 1.807) is 0 Å². The van der Waals surface area contributed by atoms with Gasteiger partial charge < -0.3 is 10.8 Å². The highest BCUT2D eigenvalue weighted by Crippen LogP contribution is 2.38. The molecule has 0 fully saturated rings. The molecule has 2 nitrogen and oxygen atoms in total. The Morgan fingerprint density at radius 3 is 2.05 bits per heavy atom. The summed E-state index contributed by atoms with van der Waals surface area (Å²) < 4.78 is 75.5. The maximum atomic E-state index is 12.7. The molecule has 0 aliphatic rings. The normalized spacial score (nSPS) is 14.5. The zero-order valence-corrected chi connectivity index (χ0v) is 9.52. The minimum absolute atomic E-state index is 0.260. The van der Waals surface area contributed by atoms with Crippen molar-refractivity contribution in [2.45, 2.75) is 24.8 Å². The first-order valence-corrected chi connectivity index (χ1v) is 5.22. The highest BCUT2D eigenvalue weighted by molar-refractivity contribution is 5.37. The van der Waals surface area contributed by atoms with Crippen LogP contribution in [-0.4, -0.2) is 11.7 Å². The van der Waals surface area contributed by atoms with Gasteiger partial charge in [-0.05, 0) is 30.2 Å². The van der Waals surface area contributed by atoms with Gasteiger partial charge in [-0.25, -0.2) is 0 Å². The molecule has 1 aromatic rings. The van der Waals surface area contributed by atoms with Gasteiger partial charge in [0.05, 0.1) is 11.1 Å². The molecule has 108 valence electrons. The average molecular weight is 287 g/mol. The van der Waals surface area contributed by atoms with Crippen LogP contribution in [0.3, 0.4) is 0 Å². The van der Waals surface area contributed by atoms with E-state index in [1.165, 1.54) is 0 Å². The predicted octanol–water partition coefficient (Wildman–Crippen LogP) is 3.11. The van der Waals surface area contributed by atoms with Crippen LogP contribution in [0.1, 0.15) is 29.2 Å². The molecule has 0 spiro atoms. The summed E-state index contributed by atoms with van der Waals surface area (Å²) in [4.78, 5) is 0. The van der Waals surface area contributed by atoms with Crippen molar-refractivity contribution in [3.05, 3.63) is 34.9 Å². The zero-order valence-electron chi connectivity index (χ0n) is 9.52. The molecule has 1 aromatic carbocycles. The number of nitrogens with two attached hydrogens (primary N) is 1. The number of hydrogen-bond donors (Lipinski definition) is 2. The number of alkyl halides is 6. The molecular weight excluding hydrogens is 276 g/mol. The SMILES string of the molecule is N[C@@H](CCO)c1cc(C(F)(F)F)ccc1C(F)(F)F. The lowest BCUT2D eigenvalue weighted by Crippen LogP contribution is -2.20. The molecule has 0 aromatic heterocycles. The minimum Gasteiger partial charge on any atom is -0.396 e. The first kappa shape index (κ1) is 15.8. The Bertz CT molecular complexity index is 440. The molecule has 19 heavy (non-hydrogen) atoms. The predicted molar refractivity (Wildman–Crippen MR) is 55.1 cm³/mol. The Morgan fingerprint density at radius 2 is 1.63 bits per heavy atom. The van der Waals surface area contributed by atoms with Gasteiger partial charge in [0.15, 0.2) is 0 Å². The molecule has 0 radical (unpaired) electrons. The first-order chi connectivity index (χ1) is 8.57. The standard InChI is InChI=1S/C11H11F6NO/c12-10(13,14)6-1-2-8(11(15,16)17)7(5-6)9(18)3-4-19/h1-2,5,9,19H,3-4,18H2/t9-/m0/s1. The van der Waals surface area contributed by atoms with Crippen molar-refractivity contribution in [2.24, 2.45) is 5.73 Å². The fourth-order valence-corrected chi connectivity index (χ4v) is 1.60. The second-order valence-electron chi connectivity index (χ2n) is 3.92. The molecule has 0 bridgehead atoms. The Hall–Kier alpha value is -1.28. The van der Waals surface area contributed by atoms with Gasteiger partial charge in [-0.15, -0.1) is 0 Å². The maximum absolute atomic E-state index is 12.7. The van der Waals surface area contributed by atoms with E-state index in [2.05, 4.69) is 0 Å². The Balaban J connectivity index is 3.35. The Morgan fingerprint density at radius 1 is 1.05 bits per heavy atom. The summed E-state index contributed by atoms with van der Waals surface area (Å²) in [5, 5.41) is 8.64. The number of hydrogen-bond acceptors (Lipinski definition) is 2. The summed E-state index contributed by atoms with van der Waals surface area (Å²) in [5.74, 6) is 0. The molecule has 0 aliphatic heterocycles. The maximum Gasteiger partial charge on any atom is 0.416 e. The number of halogens is 6. The van der Waals surface area contributed by atoms with Gasteiger partial charge in [0, 0.05) is 12.6 Å². The van der Waals surface area contributed by atoms with E-state index in [4.69, 9.17) is 10.8 Å². The molecule has 0 saturated carbocycles. The zero-order chi connectivity index (χ0) is 14.8. The van der Waals surface area contributed by atoms with Crippen molar-refractivity contribution < 1.29 is 31.4 Å². The van der Waals surface area contributed by atoms with Gasteiger partial charge in [0.25, 0.3) is 0 Å². The van der Waals surface area contributed by atoms with Crippen molar-refractivity contribution in [1.29, 1.82) is 0 Å². The Kier molecular flexibility index (Phi) is 4.46. The summed E-state index contributed by atoms with van der Waals surface area (Å²) in [6, 6.07) is -0.222. The van der Waals surface area contributed by atoms with Gasteiger partial charge in [-0.2, -0.15) is 26.3 Å². The molecule has 3 N–H and O–H groups in total. The van der Waals surface area contributed by atoms with Crippen LogP contribution in [0.5, 0.6) is 0 Å². The quantitative estimate of drug-likeness (QED) is 0.839. The van der Waals surface area contributed by atoms with E-state index in [0.29, 0.717) is 18.2 Å². The van der Waals surface area contributed by atoms with Gasteiger partial charge in [-0.1, -0.05) is 0 Å². The van der Waals surface area contributed by atoms with Crippen LogP contribution in [0.2, 0.25) is 0 Å². The van der Waals surface area contributed by atoms with Gasteiger partial charge in [-0.3, -0.25) is 0 Å². The molecule has 1 rings (SSSR count). The van der Waals surface area contributed by atoms with Crippen LogP contribution in [-0.2, 0) is 12.4 Å². The summed E-state index contributed by atoms with van der Waals surface area (Å²) in [6.45, 7) is -0.519. The van der Waals surface area contributed by atoms with Gasteiger partial charge in [0.2, 0.25) is 0 Å². The lowest BCUT2D eigenvalue weighted by molar-refractivity contribution is -0.142. The monoisotopic (exact) mass is 287 g/mol. The van der Waals surface area contributed by atoms with Gasteiger partial charge in [0.1, 0.15) is 0 Å². The molecule has 0 amide bonds. The van der Waals surface area contributed by atoms with E-state index in [1.807, 2.05) is 0 Å². The van der Waals surface area contributed by atoms with Crippen LogP contribution in [0.25, 0.3) is 0 Å².